The number of nitrogens with one attached hydrogen (secondary N) is 2. The second kappa shape index (κ2) is 13.8. The number of aryl methyl sites for hydroxylation is 1. The molecule has 2 N–H and O–H groups in total. The smallest absolute Gasteiger partial charge is 0.355 e. The molecule has 2 aromatic rings. The van der Waals surface area contributed by atoms with Crippen LogP contribution in [0.4, 0.5) is 9.05 Å². The average molecular weight is 533 g/mol. The van der Waals surface area contributed by atoms with Crippen LogP contribution in [0.25, 0.3) is 0 Å². The highest BCUT2D eigenvalue weighted by Gasteiger charge is 2.29. The Morgan fingerprint density at radius 1 is 0.943 bits per heavy atom. The first-order valence-corrected chi connectivity index (χ1v) is 14.5. The molecule has 2 aromatic carbocycles. The molecule has 0 heterocycles. The molecule has 0 aliphatic rings. The summed E-state index contributed by atoms with van der Waals surface area (Å²) in [6.07, 6.45) is 1.88. The van der Waals surface area contributed by atoms with Crippen LogP contribution in [-0.2, 0) is 47.8 Å². The third kappa shape index (κ3) is 9.77. The maximum Gasteiger partial charge on any atom is 0.399 e. The van der Waals surface area contributed by atoms with Crippen LogP contribution in [-0.4, -0.2) is 32.2 Å². The molecule has 0 fully saturated rings. The first-order chi connectivity index (χ1) is 16.6. The molecule has 8 nitrogen and oxygen atoms in total. The molecular weight excluding hydrogens is 501 g/mol. The molecule has 0 spiro atoms. The van der Waals surface area contributed by atoms with Crippen LogP contribution in [0, 0.1) is 0 Å². The Kier molecular flexibility index (Phi) is 11.5. The van der Waals surface area contributed by atoms with E-state index in [0.29, 0.717) is 12.1 Å². The van der Waals surface area contributed by atoms with Gasteiger partial charge in [-0.05, 0) is 65.3 Å². The highest BCUT2D eigenvalue weighted by Crippen LogP contribution is 2.52. The molecule has 0 saturated carbocycles. The van der Waals surface area contributed by atoms with Crippen molar-refractivity contribution in [1.29, 1.82) is 0 Å². The number of carbonyl (C=O) groups excluding carboxylic acids is 1. The lowest BCUT2D eigenvalue weighted by Crippen LogP contribution is -2.49. The van der Waals surface area contributed by atoms with Crippen molar-refractivity contribution < 1.29 is 36.3 Å². The summed E-state index contributed by atoms with van der Waals surface area (Å²) in [5, 5.41) is 2.05. The summed E-state index contributed by atoms with van der Waals surface area (Å²) >= 11 is 0. The topological polar surface area (TPSA) is 111 Å². The summed E-state index contributed by atoms with van der Waals surface area (Å²) in [5.74, 6) is -0.459. The number of rotatable bonds is 15. The molecule has 2 rings (SSSR count). The number of sulfonamides is 1. The average Bonchev–Trinajstić information content (AvgIpc) is 2.84. The van der Waals surface area contributed by atoms with Crippen LogP contribution in [0.1, 0.15) is 43.4 Å². The summed E-state index contributed by atoms with van der Waals surface area (Å²) in [4.78, 5) is 12.8. The number of benzene rings is 2. The molecule has 1 amide bonds. The molecule has 0 aromatic heterocycles. The Hall–Kier alpha value is -2.17. The van der Waals surface area contributed by atoms with Crippen LogP contribution >= 0.6 is 7.60 Å². The van der Waals surface area contributed by atoms with Gasteiger partial charge < -0.3 is 5.32 Å². The van der Waals surface area contributed by atoms with Gasteiger partial charge in [-0.15, -0.1) is 9.46 Å². The van der Waals surface area contributed by atoms with Crippen molar-refractivity contribution in [3.8, 4) is 0 Å². The van der Waals surface area contributed by atoms with E-state index in [-0.39, 0.29) is 12.0 Å². The van der Waals surface area contributed by atoms with Crippen molar-refractivity contribution in [2.45, 2.75) is 57.0 Å². The van der Waals surface area contributed by atoms with Gasteiger partial charge in [0.2, 0.25) is 15.9 Å². The zero-order chi connectivity index (χ0) is 25.9. The van der Waals surface area contributed by atoms with E-state index in [1.54, 1.807) is 12.1 Å². The maximum atomic E-state index is 12.8. The van der Waals surface area contributed by atoms with Crippen molar-refractivity contribution in [2.24, 2.45) is 0 Å². The van der Waals surface area contributed by atoms with Crippen LogP contribution in [0.2, 0.25) is 0 Å². The van der Waals surface area contributed by atoms with Crippen LogP contribution in [0.5, 0.6) is 0 Å². The second-order valence-electron chi connectivity index (χ2n) is 8.43. The summed E-state index contributed by atoms with van der Waals surface area (Å²) in [6.45, 7) is 3.41. The highest BCUT2D eigenvalue weighted by molar-refractivity contribution is 7.90. The van der Waals surface area contributed by atoms with Gasteiger partial charge in [0, 0.05) is 6.54 Å². The minimum atomic E-state index is -4.53. The van der Waals surface area contributed by atoms with Gasteiger partial charge in [-0.1, -0.05) is 54.6 Å². The summed E-state index contributed by atoms with van der Waals surface area (Å²) in [6, 6.07) is 14.9. The molecule has 12 heteroatoms. The van der Waals surface area contributed by atoms with E-state index in [2.05, 4.69) is 19.5 Å². The van der Waals surface area contributed by atoms with Gasteiger partial charge >= 0.3 is 7.60 Å². The number of halogens is 2. The van der Waals surface area contributed by atoms with Crippen LogP contribution in [0.3, 0.4) is 0 Å². The number of unbranched alkanes of at least 4 members (excludes halogenated alkanes) is 1. The van der Waals surface area contributed by atoms with E-state index >= 15 is 0 Å². The van der Waals surface area contributed by atoms with Crippen molar-refractivity contribution in [2.75, 3.05) is 6.54 Å². The van der Waals surface area contributed by atoms with Gasteiger partial charge in [0.15, 0.2) is 0 Å². The minimum Gasteiger partial charge on any atom is -0.355 e. The van der Waals surface area contributed by atoms with E-state index < -0.39 is 41.0 Å². The molecule has 0 bridgehead atoms. The molecular formula is C23H31F2N2O6PS. The Labute approximate surface area is 204 Å². The number of hydrogen-bond acceptors (Lipinski definition) is 6. The first kappa shape index (κ1) is 29.1. The predicted molar refractivity (Wildman–Crippen MR) is 129 cm³/mol. The van der Waals surface area contributed by atoms with Crippen molar-refractivity contribution in [1.82, 2.24) is 10.0 Å². The molecule has 0 radical (unpaired) electrons. The Balaban J connectivity index is 2.00. The zero-order valence-corrected chi connectivity index (χ0v) is 21.4. The maximum absolute atomic E-state index is 12.8. The SMILES string of the molecule is CC(C)S(=O)(=O)NC(Cc1ccc(CP(=O)(OF)OF)cc1)C(=O)NCCCCc1ccccc1. The molecule has 35 heavy (non-hydrogen) atoms. The summed E-state index contributed by atoms with van der Waals surface area (Å²) < 4.78 is 69.7. The van der Waals surface area contributed by atoms with Crippen molar-refractivity contribution in [3.05, 3.63) is 71.3 Å². The summed E-state index contributed by atoms with van der Waals surface area (Å²) in [5.41, 5.74) is 2.06. The van der Waals surface area contributed by atoms with Gasteiger partial charge in [-0.2, -0.15) is 0 Å². The fraction of sp³-hybridized carbons (Fsp3) is 0.435. The molecule has 1 atom stereocenters. The minimum absolute atomic E-state index is 0.0406. The number of amides is 1. The van der Waals surface area contributed by atoms with E-state index in [9.17, 15) is 26.8 Å². The normalized spacial score (nSPS) is 13.1. The lowest BCUT2D eigenvalue weighted by Gasteiger charge is -2.20. The number of carbonyl (C=O) groups is 1. The lowest BCUT2D eigenvalue weighted by molar-refractivity contribution is -0.122. The van der Waals surface area contributed by atoms with Crippen LogP contribution < -0.4 is 10.0 Å². The molecule has 0 aliphatic heterocycles. The molecule has 0 saturated heterocycles. The van der Waals surface area contributed by atoms with E-state index in [0.717, 1.165) is 19.3 Å². The zero-order valence-electron chi connectivity index (χ0n) is 19.7. The van der Waals surface area contributed by atoms with Crippen molar-refractivity contribution >= 4 is 23.5 Å². The third-order valence-electron chi connectivity index (χ3n) is 5.33. The van der Waals surface area contributed by atoms with E-state index in [4.69, 9.17) is 0 Å². The molecule has 0 aliphatic carbocycles. The third-order valence-corrected chi connectivity index (χ3v) is 8.35. The van der Waals surface area contributed by atoms with Crippen LogP contribution in [0.15, 0.2) is 54.6 Å². The Bertz CT molecular complexity index is 1080. The van der Waals surface area contributed by atoms with Gasteiger partial charge in [0.25, 0.3) is 0 Å². The fourth-order valence-corrected chi connectivity index (χ4v) is 4.89. The first-order valence-electron chi connectivity index (χ1n) is 11.2. The standard InChI is InChI=1S/C23H31F2N2O6PS/c1-18(2)35(30,31)27-22(23(28)26-15-7-6-10-19-8-4-3-5-9-19)16-20-11-13-21(14-12-20)17-34(29,32-24)33-25/h3-5,8-9,11-14,18,22,27H,6-7,10,15-17H2,1-2H3,(H,26,28). The quantitative estimate of drug-likeness (QED) is 0.257. The summed E-state index contributed by atoms with van der Waals surface area (Å²) in [7, 11) is -8.26. The second-order valence-corrected chi connectivity index (χ2v) is 12.5. The van der Waals surface area contributed by atoms with E-state index in [1.807, 2.05) is 30.3 Å². The molecule has 1 unspecified atom stereocenters. The lowest BCUT2D eigenvalue weighted by atomic mass is 10.0. The van der Waals surface area contributed by atoms with Gasteiger partial charge in [-0.25, -0.2) is 13.1 Å². The monoisotopic (exact) mass is 532 g/mol. The van der Waals surface area contributed by atoms with Gasteiger partial charge in [-0.3, -0.25) is 9.36 Å². The van der Waals surface area contributed by atoms with Gasteiger partial charge in [0.1, 0.15) is 6.04 Å². The van der Waals surface area contributed by atoms with Gasteiger partial charge in [0.05, 0.1) is 11.4 Å². The Morgan fingerprint density at radius 2 is 1.54 bits per heavy atom. The Morgan fingerprint density at radius 3 is 2.11 bits per heavy atom. The number of hydrogen-bond donors (Lipinski definition) is 2. The van der Waals surface area contributed by atoms with Crippen molar-refractivity contribution in [3.63, 3.8) is 0 Å². The molecule has 194 valence electrons. The highest BCUT2D eigenvalue weighted by atomic mass is 32.2. The predicted octanol–water partition coefficient (Wildman–Crippen LogP) is 4.56. The van der Waals surface area contributed by atoms with E-state index in [1.165, 1.54) is 31.5 Å². The largest absolute Gasteiger partial charge is 0.399 e. The fourth-order valence-electron chi connectivity index (χ4n) is 3.26.